The van der Waals surface area contributed by atoms with Gasteiger partial charge in [-0.2, -0.15) is 0 Å². The van der Waals surface area contributed by atoms with Crippen molar-refractivity contribution in [1.29, 1.82) is 0 Å². The van der Waals surface area contributed by atoms with Crippen molar-refractivity contribution in [2.24, 2.45) is 7.05 Å². The van der Waals surface area contributed by atoms with E-state index in [1.165, 1.54) is 4.57 Å². The van der Waals surface area contributed by atoms with Crippen LogP contribution in [-0.2, 0) is 11.8 Å². The van der Waals surface area contributed by atoms with Crippen LogP contribution in [0, 0.1) is 0 Å². The predicted molar refractivity (Wildman–Crippen MR) is 66.8 cm³/mol. The third-order valence-corrected chi connectivity index (χ3v) is 2.69. The molecule has 6 heteroatoms. The van der Waals surface area contributed by atoms with Gasteiger partial charge in [-0.3, -0.25) is 9.36 Å². The fourth-order valence-electron chi connectivity index (χ4n) is 1.72. The van der Waals surface area contributed by atoms with Crippen LogP contribution in [0.25, 0.3) is 11.1 Å². The third kappa shape index (κ3) is 2.53. The molecule has 18 heavy (non-hydrogen) atoms. The summed E-state index contributed by atoms with van der Waals surface area (Å²) in [4.78, 5) is 21.6. The molecule has 0 unspecified atom stereocenters. The Morgan fingerprint density at radius 3 is 3.00 bits per heavy atom. The lowest BCUT2D eigenvalue weighted by atomic mass is 10.2. The number of nitrogens with one attached hydrogen (secondary N) is 1. The summed E-state index contributed by atoms with van der Waals surface area (Å²) in [5.74, 6) is -1.20. The lowest BCUT2D eigenvalue weighted by Gasteiger charge is -2.04. The minimum atomic E-state index is -0.804. The lowest BCUT2D eigenvalue weighted by Crippen LogP contribution is -2.08. The first-order chi connectivity index (χ1) is 8.58. The van der Waals surface area contributed by atoms with Crippen molar-refractivity contribution in [3.8, 4) is 0 Å². The summed E-state index contributed by atoms with van der Waals surface area (Å²) in [6, 6.07) is 5.36. The highest BCUT2D eigenvalue weighted by atomic mass is 16.4. The van der Waals surface area contributed by atoms with Gasteiger partial charge >= 0.3 is 11.7 Å². The monoisotopic (exact) mass is 250 g/mol. The van der Waals surface area contributed by atoms with Gasteiger partial charge in [0.15, 0.2) is 5.58 Å². The first-order valence-corrected chi connectivity index (χ1v) is 5.63. The van der Waals surface area contributed by atoms with Gasteiger partial charge in [0.25, 0.3) is 0 Å². The van der Waals surface area contributed by atoms with Gasteiger partial charge in [-0.25, -0.2) is 4.79 Å². The summed E-state index contributed by atoms with van der Waals surface area (Å²) in [5.41, 5.74) is 2.06. The second kappa shape index (κ2) is 4.95. The minimum Gasteiger partial charge on any atom is -0.481 e. The maximum atomic E-state index is 11.3. The molecule has 2 rings (SSSR count). The minimum absolute atomic E-state index is 0.135. The molecule has 0 aliphatic carbocycles. The fourth-order valence-corrected chi connectivity index (χ4v) is 1.72. The lowest BCUT2D eigenvalue weighted by molar-refractivity contribution is -0.137. The Hall–Kier alpha value is -2.24. The van der Waals surface area contributed by atoms with Gasteiger partial charge < -0.3 is 14.8 Å². The molecule has 0 radical (unpaired) electrons. The molecule has 6 nitrogen and oxygen atoms in total. The number of aromatic nitrogens is 1. The molecule has 1 aromatic carbocycles. The Morgan fingerprint density at radius 2 is 2.28 bits per heavy atom. The van der Waals surface area contributed by atoms with Crippen LogP contribution in [0.1, 0.15) is 12.8 Å². The van der Waals surface area contributed by atoms with Gasteiger partial charge in [0.1, 0.15) is 0 Å². The van der Waals surface area contributed by atoms with Crippen LogP contribution in [-0.4, -0.2) is 22.2 Å². The molecular formula is C12H14N2O4. The number of carboxylic acid groups (broad SMARTS) is 1. The molecule has 2 N–H and O–H groups in total. The number of carboxylic acids is 1. The maximum Gasteiger partial charge on any atom is 0.419 e. The molecule has 1 aromatic heterocycles. The Labute approximate surface area is 103 Å². The summed E-state index contributed by atoms with van der Waals surface area (Å²) < 4.78 is 6.49. The van der Waals surface area contributed by atoms with E-state index in [0.717, 1.165) is 11.2 Å². The van der Waals surface area contributed by atoms with Crippen LogP contribution < -0.4 is 11.1 Å². The predicted octanol–water partition coefficient (Wildman–Crippen LogP) is 1.41. The van der Waals surface area contributed by atoms with E-state index in [4.69, 9.17) is 9.52 Å². The van der Waals surface area contributed by atoms with Crippen molar-refractivity contribution in [2.45, 2.75) is 12.8 Å². The van der Waals surface area contributed by atoms with E-state index in [-0.39, 0.29) is 6.42 Å². The zero-order valence-corrected chi connectivity index (χ0v) is 9.97. The smallest absolute Gasteiger partial charge is 0.419 e. The highest BCUT2D eigenvalue weighted by Gasteiger charge is 2.06. The molecule has 0 saturated heterocycles. The molecule has 96 valence electrons. The van der Waals surface area contributed by atoms with Gasteiger partial charge in [0.05, 0.1) is 5.52 Å². The quantitative estimate of drug-likeness (QED) is 0.784. The Balaban J connectivity index is 2.06. The molecule has 0 atom stereocenters. The van der Waals surface area contributed by atoms with Gasteiger partial charge in [-0.1, -0.05) is 0 Å². The third-order valence-electron chi connectivity index (χ3n) is 2.69. The maximum absolute atomic E-state index is 11.3. The standard InChI is InChI=1S/C12H14N2O4/c1-14-9-5-4-8(7-10(9)18-12(14)17)13-6-2-3-11(15)16/h4-5,7,13H,2-3,6H2,1H3,(H,15,16). The van der Waals surface area contributed by atoms with Crippen molar-refractivity contribution < 1.29 is 14.3 Å². The second-order valence-corrected chi connectivity index (χ2v) is 4.03. The van der Waals surface area contributed by atoms with Crippen LogP contribution in [0.15, 0.2) is 27.4 Å². The van der Waals surface area contributed by atoms with E-state index in [1.54, 1.807) is 19.2 Å². The topological polar surface area (TPSA) is 84.5 Å². The average Bonchev–Trinajstić information content (AvgIpc) is 2.60. The number of fused-ring (bicyclic) bond motifs is 1. The van der Waals surface area contributed by atoms with Crippen LogP contribution in [0.3, 0.4) is 0 Å². The number of rotatable bonds is 5. The first-order valence-electron chi connectivity index (χ1n) is 5.63. The van der Waals surface area contributed by atoms with E-state index >= 15 is 0 Å². The zero-order valence-electron chi connectivity index (χ0n) is 9.97. The van der Waals surface area contributed by atoms with E-state index < -0.39 is 11.7 Å². The number of aliphatic carboxylic acids is 1. The van der Waals surface area contributed by atoms with Crippen molar-refractivity contribution in [2.75, 3.05) is 11.9 Å². The second-order valence-electron chi connectivity index (χ2n) is 4.03. The van der Waals surface area contributed by atoms with Crippen LogP contribution in [0.5, 0.6) is 0 Å². The first kappa shape index (κ1) is 12.2. The van der Waals surface area contributed by atoms with Crippen molar-refractivity contribution in [3.05, 3.63) is 28.7 Å². The summed E-state index contributed by atoms with van der Waals surface area (Å²) in [6.45, 7) is 0.564. The highest BCUT2D eigenvalue weighted by Crippen LogP contribution is 2.17. The average molecular weight is 250 g/mol. The number of hydrogen-bond donors (Lipinski definition) is 2. The number of aryl methyl sites for hydroxylation is 1. The van der Waals surface area contributed by atoms with Gasteiger partial charge in [0.2, 0.25) is 0 Å². The molecule has 0 aliphatic rings. The normalized spacial score (nSPS) is 10.7. The zero-order chi connectivity index (χ0) is 13.1. The molecule has 0 spiro atoms. The van der Waals surface area contributed by atoms with E-state index in [1.807, 2.05) is 6.07 Å². The van der Waals surface area contributed by atoms with E-state index in [0.29, 0.717) is 18.5 Å². The highest BCUT2D eigenvalue weighted by molar-refractivity contribution is 5.77. The van der Waals surface area contributed by atoms with Crippen LogP contribution in [0.4, 0.5) is 5.69 Å². The summed E-state index contributed by atoms with van der Waals surface area (Å²) in [5, 5.41) is 11.6. The van der Waals surface area contributed by atoms with Crippen LogP contribution >= 0.6 is 0 Å². The molecule has 0 bridgehead atoms. The fraction of sp³-hybridized carbons (Fsp3) is 0.333. The number of oxazole rings is 1. The Kier molecular flexibility index (Phi) is 3.36. The molecular weight excluding hydrogens is 236 g/mol. The van der Waals surface area contributed by atoms with Crippen molar-refractivity contribution in [1.82, 2.24) is 4.57 Å². The number of benzene rings is 1. The van der Waals surface area contributed by atoms with Gasteiger partial charge in [0, 0.05) is 31.8 Å². The largest absolute Gasteiger partial charge is 0.481 e. The molecule has 0 fully saturated rings. The molecule has 2 aromatic rings. The van der Waals surface area contributed by atoms with Gasteiger partial charge in [-0.05, 0) is 18.6 Å². The number of nitrogens with zero attached hydrogens (tertiary/aromatic N) is 1. The summed E-state index contributed by atoms with van der Waals surface area (Å²) in [6.07, 6.45) is 0.682. The molecule has 0 saturated carbocycles. The molecule has 0 aliphatic heterocycles. The molecule has 1 heterocycles. The SMILES string of the molecule is Cn1c(=O)oc2cc(NCCCC(=O)O)ccc21. The summed E-state index contributed by atoms with van der Waals surface area (Å²) in [7, 11) is 1.65. The number of anilines is 1. The van der Waals surface area contributed by atoms with E-state index in [9.17, 15) is 9.59 Å². The van der Waals surface area contributed by atoms with E-state index in [2.05, 4.69) is 5.32 Å². The van der Waals surface area contributed by atoms with Gasteiger partial charge in [-0.15, -0.1) is 0 Å². The van der Waals surface area contributed by atoms with Crippen molar-refractivity contribution in [3.63, 3.8) is 0 Å². The Bertz CT molecular complexity index is 627. The molecule has 0 amide bonds. The van der Waals surface area contributed by atoms with Crippen molar-refractivity contribution >= 4 is 22.8 Å². The van der Waals surface area contributed by atoms with Crippen LogP contribution in [0.2, 0.25) is 0 Å². The number of carbonyl (C=O) groups is 1. The number of hydrogen-bond acceptors (Lipinski definition) is 4. The summed E-state index contributed by atoms with van der Waals surface area (Å²) >= 11 is 0. The Morgan fingerprint density at radius 1 is 1.50 bits per heavy atom.